The van der Waals surface area contributed by atoms with Crippen LogP contribution in [0, 0.1) is 0 Å². The van der Waals surface area contributed by atoms with E-state index >= 15 is 0 Å². The summed E-state index contributed by atoms with van der Waals surface area (Å²) in [4.78, 5) is 38.4. The van der Waals surface area contributed by atoms with E-state index < -0.39 is 17.8 Å². The first-order chi connectivity index (χ1) is 14.9. The molecule has 4 rings (SSSR count). The van der Waals surface area contributed by atoms with Crippen LogP contribution < -0.4 is 15.0 Å². The van der Waals surface area contributed by atoms with Gasteiger partial charge in [0.2, 0.25) is 0 Å². The van der Waals surface area contributed by atoms with Crippen molar-refractivity contribution in [2.75, 3.05) is 12.0 Å². The van der Waals surface area contributed by atoms with Crippen molar-refractivity contribution in [3.05, 3.63) is 76.0 Å². The third-order valence-electron chi connectivity index (χ3n) is 4.54. The normalized spacial score (nSPS) is 15.4. The lowest BCUT2D eigenvalue weighted by molar-refractivity contribution is -0.122. The van der Waals surface area contributed by atoms with Gasteiger partial charge >= 0.3 is 6.03 Å². The number of furan rings is 1. The van der Waals surface area contributed by atoms with Crippen LogP contribution in [0.15, 0.2) is 64.6 Å². The molecule has 31 heavy (non-hydrogen) atoms. The summed E-state index contributed by atoms with van der Waals surface area (Å²) in [5, 5.41) is 3.04. The quantitative estimate of drug-likeness (QED) is 0.444. The molecule has 0 aliphatic carbocycles. The molecule has 0 saturated carbocycles. The molecule has 0 radical (unpaired) electrons. The average Bonchev–Trinajstić information content (AvgIpc) is 3.20. The lowest BCUT2D eigenvalue weighted by Crippen LogP contribution is -2.54. The highest BCUT2D eigenvalue weighted by Gasteiger charge is 2.37. The summed E-state index contributed by atoms with van der Waals surface area (Å²) in [6, 6.07) is 13.6. The Balaban J connectivity index is 1.66. The van der Waals surface area contributed by atoms with Gasteiger partial charge in [-0.2, -0.15) is 0 Å². The van der Waals surface area contributed by atoms with Crippen LogP contribution in [0.25, 0.3) is 17.4 Å². The van der Waals surface area contributed by atoms with Crippen LogP contribution in [0.2, 0.25) is 10.0 Å². The van der Waals surface area contributed by atoms with Gasteiger partial charge < -0.3 is 9.15 Å². The summed E-state index contributed by atoms with van der Waals surface area (Å²) in [7, 11) is 1.50. The zero-order valence-electron chi connectivity index (χ0n) is 16.0. The molecule has 2 heterocycles. The van der Waals surface area contributed by atoms with E-state index in [2.05, 4.69) is 5.32 Å². The van der Waals surface area contributed by atoms with Crippen LogP contribution in [0.1, 0.15) is 5.76 Å². The minimum absolute atomic E-state index is 0.239. The maximum absolute atomic E-state index is 12.9. The highest BCUT2D eigenvalue weighted by molar-refractivity contribution is 6.39. The number of hydrogen-bond donors (Lipinski definition) is 1. The van der Waals surface area contributed by atoms with Crippen molar-refractivity contribution in [1.82, 2.24) is 5.32 Å². The number of halogens is 2. The Bertz CT molecular complexity index is 1230. The molecule has 0 atom stereocenters. The van der Waals surface area contributed by atoms with E-state index in [0.717, 1.165) is 4.90 Å². The van der Waals surface area contributed by atoms with Crippen molar-refractivity contribution in [1.29, 1.82) is 0 Å². The number of carbonyl (C=O) groups excluding carboxylic acids is 3. The largest absolute Gasteiger partial charge is 0.497 e. The van der Waals surface area contributed by atoms with Crippen molar-refractivity contribution >= 4 is 52.8 Å². The Kier molecular flexibility index (Phi) is 5.54. The van der Waals surface area contributed by atoms with Crippen LogP contribution in [0.5, 0.6) is 5.75 Å². The summed E-state index contributed by atoms with van der Waals surface area (Å²) in [5.74, 6) is -0.364. The van der Waals surface area contributed by atoms with E-state index in [1.807, 2.05) is 0 Å². The maximum Gasteiger partial charge on any atom is 0.335 e. The second kappa shape index (κ2) is 8.29. The Morgan fingerprint density at radius 1 is 1.00 bits per heavy atom. The van der Waals surface area contributed by atoms with Crippen molar-refractivity contribution in [3.63, 3.8) is 0 Å². The summed E-state index contributed by atoms with van der Waals surface area (Å²) in [5.41, 5.74) is 0.637. The van der Waals surface area contributed by atoms with E-state index in [-0.39, 0.29) is 17.0 Å². The Morgan fingerprint density at radius 2 is 1.74 bits per heavy atom. The number of nitrogens with zero attached hydrogens (tertiary/aromatic N) is 1. The molecule has 1 saturated heterocycles. The molecule has 1 aromatic heterocycles. The minimum Gasteiger partial charge on any atom is -0.497 e. The first-order valence-electron chi connectivity index (χ1n) is 8.98. The number of carbonyl (C=O) groups is 3. The smallest absolute Gasteiger partial charge is 0.335 e. The minimum atomic E-state index is -0.842. The average molecular weight is 457 g/mol. The summed E-state index contributed by atoms with van der Waals surface area (Å²) in [6.07, 6.45) is 1.27. The Hall–Kier alpha value is -3.55. The van der Waals surface area contributed by atoms with Gasteiger partial charge in [-0.05, 0) is 60.7 Å². The number of nitrogens with one attached hydrogen (secondary N) is 1. The summed E-state index contributed by atoms with van der Waals surface area (Å²) < 4.78 is 10.8. The predicted octanol–water partition coefficient (Wildman–Crippen LogP) is 4.93. The summed E-state index contributed by atoms with van der Waals surface area (Å²) >= 11 is 12.1. The molecule has 9 heteroatoms. The van der Waals surface area contributed by atoms with Gasteiger partial charge in [-0.1, -0.05) is 23.2 Å². The predicted molar refractivity (Wildman–Crippen MR) is 116 cm³/mol. The fourth-order valence-electron chi connectivity index (χ4n) is 3.03. The van der Waals surface area contributed by atoms with Crippen LogP contribution in [0.4, 0.5) is 10.5 Å². The third kappa shape index (κ3) is 4.05. The molecular formula is C22H14Cl2N2O5. The molecule has 1 aliphatic heterocycles. The van der Waals surface area contributed by atoms with Crippen LogP contribution in [-0.2, 0) is 9.59 Å². The molecule has 156 valence electrons. The highest BCUT2D eigenvalue weighted by Crippen LogP contribution is 2.32. The number of amides is 4. The van der Waals surface area contributed by atoms with Gasteiger partial charge in [0.05, 0.1) is 17.8 Å². The lowest BCUT2D eigenvalue weighted by atomic mass is 10.1. The zero-order valence-corrected chi connectivity index (χ0v) is 17.5. The molecule has 4 amide bonds. The molecule has 1 N–H and O–H groups in total. The molecule has 3 aromatic rings. The van der Waals surface area contributed by atoms with Gasteiger partial charge in [-0.15, -0.1) is 0 Å². The van der Waals surface area contributed by atoms with Crippen LogP contribution in [0.3, 0.4) is 0 Å². The molecule has 1 fully saturated rings. The van der Waals surface area contributed by atoms with E-state index in [1.54, 1.807) is 42.5 Å². The number of methoxy groups -OCH3 is 1. The number of ether oxygens (including phenoxy) is 1. The van der Waals surface area contributed by atoms with Gasteiger partial charge in [0.25, 0.3) is 11.8 Å². The third-order valence-corrected chi connectivity index (χ3v) is 5.09. The van der Waals surface area contributed by atoms with Crippen molar-refractivity contribution in [2.45, 2.75) is 0 Å². The van der Waals surface area contributed by atoms with E-state index in [0.29, 0.717) is 27.1 Å². The van der Waals surface area contributed by atoms with Gasteiger partial charge in [-0.25, -0.2) is 9.69 Å². The number of hydrogen-bond acceptors (Lipinski definition) is 5. The first kappa shape index (κ1) is 20.7. The number of rotatable bonds is 4. The van der Waals surface area contributed by atoms with Gasteiger partial charge in [-0.3, -0.25) is 14.9 Å². The van der Waals surface area contributed by atoms with Crippen molar-refractivity contribution < 1.29 is 23.5 Å². The Labute approximate surface area is 186 Å². The molecule has 2 aromatic carbocycles. The number of benzene rings is 2. The number of imide groups is 2. The molecular weight excluding hydrogens is 443 g/mol. The Morgan fingerprint density at radius 3 is 2.42 bits per heavy atom. The standard InChI is InChI=1S/C22H14Cl2N2O5/c1-30-14-5-3-13(4-6-14)26-21(28)17(20(27)25-22(26)29)11-15-7-9-19(31-15)16-8-2-12(23)10-18(16)24/h2-11H,1H3,(H,25,27,29)/b17-11+. The molecule has 0 bridgehead atoms. The highest BCUT2D eigenvalue weighted by atomic mass is 35.5. The molecule has 7 nitrogen and oxygen atoms in total. The fraction of sp³-hybridized carbons (Fsp3) is 0.0455. The molecule has 1 aliphatic rings. The van der Waals surface area contributed by atoms with Gasteiger partial charge in [0, 0.05) is 10.6 Å². The zero-order chi connectivity index (χ0) is 22.1. The monoisotopic (exact) mass is 456 g/mol. The number of urea groups is 1. The van der Waals surface area contributed by atoms with Gasteiger partial charge in [0.1, 0.15) is 22.8 Å². The van der Waals surface area contributed by atoms with Crippen molar-refractivity contribution in [2.24, 2.45) is 0 Å². The lowest BCUT2D eigenvalue weighted by Gasteiger charge is -2.26. The number of barbiturate groups is 1. The molecule has 0 spiro atoms. The second-order valence-corrected chi connectivity index (χ2v) is 7.33. The summed E-state index contributed by atoms with van der Waals surface area (Å²) in [6.45, 7) is 0. The van der Waals surface area contributed by atoms with Crippen LogP contribution >= 0.6 is 23.2 Å². The number of anilines is 1. The molecule has 0 unspecified atom stereocenters. The SMILES string of the molecule is COc1ccc(N2C(=O)NC(=O)/C(=C\c3ccc(-c4ccc(Cl)cc4Cl)o3)C2=O)cc1. The van der Waals surface area contributed by atoms with Crippen molar-refractivity contribution in [3.8, 4) is 17.1 Å². The topological polar surface area (TPSA) is 88.8 Å². The second-order valence-electron chi connectivity index (χ2n) is 6.48. The van der Waals surface area contributed by atoms with Crippen LogP contribution in [-0.4, -0.2) is 25.0 Å². The maximum atomic E-state index is 12.9. The fourth-order valence-corrected chi connectivity index (χ4v) is 3.53. The van der Waals surface area contributed by atoms with E-state index in [4.69, 9.17) is 32.4 Å². The first-order valence-corrected chi connectivity index (χ1v) is 9.74. The van der Waals surface area contributed by atoms with E-state index in [1.165, 1.54) is 25.3 Å². The van der Waals surface area contributed by atoms with E-state index in [9.17, 15) is 14.4 Å². The van der Waals surface area contributed by atoms with Gasteiger partial charge in [0.15, 0.2) is 0 Å².